The minimum Gasteiger partial charge on any atom is -0.316 e. The highest BCUT2D eigenvalue weighted by Gasteiger charge is 2.29. The lowest BCUT2D eigenvalue weighted by atomic mass is 9.95. The van der Waals surface area contributed by atoms with Gasteiger partial charge >= 0.3 is 0 Å². The molecule has 0 aromatic rings. The van der Waals surface area contributed by atoms with Gasteiger partial charge < -0.3 is 5.32 Å². The van der Waals surface area contributed by atoms with E-state index in [9.17, 15) is 8.42 Å². The van der Waals surface area contributed by atoms with Gasteiger partial charge in [-0.05, 0) is 65.0 Å². The summed E-state index contributed by atoms with van der Waals surface area (Å²) in [6.07, 6.45) is 2.99. The normalized spacial score (nSPS) is 14.9. The minimum atomic E-state index is -2.99. The van der Waals surface area contributed by atoms with Crippen LogP contribution < -0.4 is 5.32 Å². The van der Waals surface area contributed by atoms with Crippen LogP contribution in [-0.4, -0.2) is 32.0 Å². The summed E-state index contributed by atoms with van der Waals surface area (Å²) in [6.45, 7) is 13.9. The van der Waals surface area contributed by atoms with Crippen LogP contribution in [-0.2, 0) is 9.84 Å². The van der Waals surface area contributed by atoms with Gasteiger partial charge in [-0.15, -0.1) is 0 Å². The van der Waals surface area contributed by atoms with Crippen molar-refractivity contribution in [2.45, 2.75) is 65.6 Å². The van der Waals surface area contributed by atoms with Crippen LogP contribution in [0.15, 0.2) is 0 Å². The molecule has 0 amide bonds. The average molecular weight is 292 g/mol. The summed E-state index contributed by atoms with van der Waals surface area (Å²) in [4.78, 5) is 0. The highest BCUT2D eigenvalue weighted by Crippen LogP contribution is 2.21. The summed E-state index contributed by atoms with van der Waals surface area (Å²) in [6, 6.07) is 0. The van der Waals surface area contributed by atoms with Crippen molar-refractivity contribution in [3.8, 4) is 0 Å². The zero-order chi connectivity index (χ0) is 15.1. The predicted molar refractivity (Wildman–Crippen MR) is 84.3 cm³/mol. The smallest absolute Gasteiger partial charge is 0.155 e. The SMILES string of the molecule is CCCNCC(CCS(=O)(=O)C(C)(C)C)CC(C)C. The standard InChI is InChI=1S/C15H33NO2S/c1-7-9-16-12-14(11-13(2)3)8-10-19(17,18)15(4,5)6/h13-14,16H,7-12H2,1-6H3. The molecule has 4 heteroatoms. The van der Waals surface area contributed by atoms with Crippen molar-refractivity contribution in [3.05, 3.63) is 0 Å². The van der Waals surface area contributed by atoms with Crippen LogP contribution in [0.4, 0.5) is 0 Å². The summed E-state index contributed by atoms with van der Waals surface area (Å²) >= 11 is 0. The van der Waals surface area contributed by atoms with Gasteiger partial charge in [0.2, 0.25) is 0 Å². The third kappa shape index (κ3) is 7.93. The molecule has 0 aliphatic heterocycles. The summed E-state index contributed by atoms with van der Waals surface area (Å²) < 4.78 is 23.7. The Bertz CT molecular complexity index is 329. The fraction of sp³-hybridized carbons (Fsp3) is 1.00. The zero-order valence-electron chi connectivity index (χ0n) is 13.6. The van der Waals surface area contributed by atoms with Crippen LogP contribution in [0.2, 0.25) is 0 Å². The fourth-order valence-corrected chi connectivity index (χ4v) is 3.34. The Morgan fingerprint density at radius 3 is 2.16 bits per heavy atom. The maximum atomic E-state index is 12.2. The van der Waals surface area contributed by atoms with Crippen molar-refractivity contribution < 1.29 is 8.42 Å². The Hall–Kier alpha value is -0.0900. The van der Waals surface area contributed by atoms with Crippen LogP contribution in [0, 0.1) is 11.8 Å². The van der Waals surface area contributed by atoms with Crippen molar-refractivity contribution in [2.75, 3.05) is 18.8 Å². The fourth-order valence-electron chi connectivity index (χ4n) is 2.08. The molecule has 1 N–H and O–H groups in total. The second-order valence-corrected chi connectivity index (χ2v) is 9.78. The van der Waals surface area contributed by atoms with Crippen LogP contribution in [0.1, 0.15) is 60.8 Å². The van der Waals surface area contributed by atoms with Gasteiger partial charge in [0.15, 0.2) is 9.84 Å². The van der Waals surface area contributed by atoms with Gasteiger partial charge in [0.25, 0.3) is 0 Å². The van der Waals surface area contributed by atoms with Gasteiger partial charge in [-0.2, -0.15) is 0 Å². The highest BCUT2D eigenvalue weighted by atomic mass is 32.2. The molecule has 0 aromatic carbocycles. The first-order chi connectivity index (χ1) is 8.60. The molecule has 0 saturated carbocycles. The summed E-state index contributed by atoms with van der Waals surface area (Å²) in [5.41, 5.74) is 0. The van der Waals surface area contributed by atoms with Gasteiger partial charge in [-0.3, -0.25) is 0 Å². The first-order valence-corrected chi connectivity index (χ1v) is 9.18. The van der Waals surface area contributed by atoms with Gasteiger partial charge in [0, 0.05) is 0 Å². The van der Waals surface area contributed by atoms with Crippen LogP contribution in [0.3, 0.4) is 0 Å². The van der Waals surface area contributed by atoms with E-state index in [2.05, 4.69) is 26.1 Å². The number of hydrogen-bond acceptors (Lipinski definition) is 3. The quantitative estimate of drug-likeness (QED) is 0.663. The topological polar surface area (TPSA) is 46.2 Å². The van der Waals surface area contributed by atoms with Gasteiger partial charge in [-0.25, -0.2) is 8.42 Å². The summed E-state index contributed by atoms with van der Waals surface area (Å²) in [5, 5.41) is 3.42. The van der Waals surface area contributed by atoms with Crippen LogP contribution in [0.5, 0.6) is 0 Å². The number of hydrogen-bond donors (Lipinski definition) is 1. The molecule has 0 aliphatic carbocycles. The Morgan fingerprint density at radius 2 is 1.74 bits per heavy atom. The molecule has 1 atom stereocenters. The monoisotopic (exact) mass is 291 g/mol. The molecular weight excluding hydrogens is 258 g/mol. The lowest BCUT2D eigenvalue weighted by Gasteiger charge is -2.23. The second kappa shape index (κ2) is 8.25. The molecule has 0 bridgehead atoms. The molecule has 0 aromatic heterocycles. The van der Waals surface area contributed by atoms with E-state index < -0.39 is 14.6 Å². The minimum absolute atomic E-state index is 0.307. The van der Waals surface area contributed by atoms with E-state index in [1.54, 1.807) is 20.8 Å². The van der Waals surface area contributed by atoms with E-state index in [1.165, 1.54) is 0 Å². The van der Waals surface area contributed by atoms with Gasteiger partial charge in [-0.1, -0.05) is 20.8 Å². The third-order valence-electron chi connectivity index (χ3n) is 3.39. The van der Waals surface area contributed by atoms with Crippen molar-refractivity contribution in [1.82, 2.24) is 5.32 Å². The van der Waals surface area contributed by atoms with E-state index >= 15 is 0 Å². The summed E-state index contributed by atoms with van der Waals surface area (Å²) in [7, 11) is -2.99. The lowest BCUT2D eigenvalue weighted by Crippen LogP contribution is -2.33. The maximum Gasteiger partial charge on any atom is 0.155 e. The van der Waals surface area contributed by atoms with Crippen LogP contribution >= 0.6 is 0 Å². The van der Waals surface area contributed by atoms with Gasteiger partial charge in [0.05, 0.1) is 10.5 Å². The molecule has 0 spiro atoms. The van der Waals surface area contributed by atoms with Crippen molar-refractivity contribution in [2.24, 2.45) is 11.8 Å². The van der Waals surface area contributed by atoms with E-state index in [0.717, 1.165) is 32.4 Å². The van der Waals surface area contributed by atoms with Crippen molar-refractivity contribution in [3.63, 3.8) is 0 Å². The molecule has 0 heterocycles. The van der Waals surface area contributed by atoms with E-state index in [4.69, 9.17) is 0 Å². The Labute approximate surface area is 120 Å². The Kier molecular flexibility index (Phi) is 8.21. The molecule has 0 aliphatic rings. The molecule has 0 fully saturated rings. The second-order valence-electron chi connectivity index (χ2n) is 6.92. The molecular formula is C15H33NO2S. The lowest BCUT2D eigenvalue weighted by molar-refractivity contribution is 0.377. The molecule has 3 nitrogen and oxygen atoms in total. The zero-order valence-corrected chi connectivity index (χ0v) is 14.4. The predicted octanol–water partition coefficient (Wildman–Crippen LogP) is 3.25. The highest BCUT2D eigenvalue weighted by molar-refractivity contribution is 7.92. The van der Waals surface area contributed by atoms with E-state index in [0.29, 0.717) is 17.6 Å². The first kappa shape index (κ1) is 18.9. The number of rotatable bonds is 9. The maximum absolute atomic E-state index is 12.2. The molecule has 0 saturated heterocycles. The molecule has 0 rings (SSSR count). The van der Waals surface area contributed by atoms with Crippen molar-refractivity contribution in [1.29, 1.82) is 0 Å². The number of nitrogens with one attached hydrogen (secondary N) is 1. The molecule has 1 unspecified atom stereocenters. The Balaban J connectivity index is 4.40. The summed E-state index contributed by atoms with van der Waals surface area (Å²) in [5.74, 6) is 1.39. The largest absolute Gasteiger partial charge is 0.316 e. The van der Waals surface area contributed by atoms with E-state index in [-0.39, 0.29) is 0 Å². The van der Waals surface area contributed by atoms with Gasteiger partial charge in [0.1, 0.15) is 0 Å². The molecule has 19 heavy (non-hydrogen) atoms. The molecule has 0 radical (unpaired) electrons. The number of sulfone groups is 1. The third-order valence-corrected chi connectivity index (χ3v) is 6.03. The Morgan fingerprint density at radius 1 is 1.16 bits per heavy atom. The van der Waals surface area contributed by atoms with Crippen molar-refractivity contribution >= 4 is 9.84 Å². The van der Waals surface area contributed by atoms with Crippen LogP contribution in [0.25, 0.3) is 0 Å². The molecule has 116 valence electrons. The first-order valence-electron chi connectivity index (χ1n) is 7.53. The van der Waals surface area contributed by atoms with E-state index in [1.807, 2.05) is 0 Å². The average Bonchev–Trinajstić information content (AvgIpc) is 2.23.